The lowest BCUT2D eigenvalue weighted by molar-refractivity contribution is 0.732. The van der Waals surface area contributed by atoms with Crippen molar-refractivity contribution in [1.29, 1.82) is 0 Å². The van der Waals surface area contributed by atoms with Gasteiger partial charge in [0.1, 0.15) is 0 Å². The number of aromatic nitrogens is 1. The van der Waals surface area contributed by atoms with Crippen LogP contribution in [-0.2, 0) is 0 Å². The Morgan fingerprint density at radius 3 is 2.62 bits per heavy atom. The number of thiophene rings is 1. The number of nitrogens with zero attached hydrogens (tertiary/aromatic N) is 1. The van der Waals surface area contributed by atoms with Crippen molar-refractivity contribution in [3.8, 4) is 0 Å². The molecule has 0 N–H and O–H groups in total. The van der Waals surface area contributed by atoms with Crippen LogP contribution in [0.1, 0.15) is 33.1 Å². The third-order valence-electron chi connectivity index (χ3n) is 2.63. The van der Waals surface area contributed by atoms with Gasteiger partial charge in [0.25, 0.3) is 0 Å². The first kappa shape index (κ1) is 11.8. The summed E-state index contributed by atoms with van der Waals surface area (Å²) in [7, 11) is 0. The Morgan fingerprint density at radius 1 is 1.25 bits per heavy atom. The molecule has 2 unspecified atom stereocenters. The van der Waals surface area contributed by atoms with Gasteiger partial charge in [-0.3, -0.25) is 4.98 Å². The lowest BCUT2D eigenvalue weighted by Crippen LogP contribution is -2.02. The Bertz CT molecular complexity index is 452. The SMILES string of the molecule is Cc1ccc(C(Br)C(C)c2ccccn2)s1. The quantitative estimate of drug-likeness (QED) is 0.749. The number of alkyl halides is 1. The van der Waals surface area contributed by atoms with Crippen molar-refractivity contribution in [2.24, 2.45) is 0 Å². The first-order valence-corrected chi connectivity index (χ1v) is 7.03. The average molecular weight is 296 g/mol. The fraction of sp³-hybridized carbons (Fsp3) is 0.308. The molecule has 2 heterocycles. The minimum atomic E-state index is 0.348. The summed E-state index contributed by atoms with van der Waals surface area (Å²) in [6.07, 6.45) is 1.85. The summed E-state index contributed by atoms with van der Waals surface area (Å²) in [6.45, 7) is 4.34. The molecule has 3 heteroatoms. The van der Waals surface area contributed by atoms with Crippen LogP contribution in [0.2, 0.25) is 0 Å². The van der Waals surface area contributed by atoms with Gasteiger partial charge in [0.05, 0.1) is 4.83 Å². The number of hydrogen-bond donors (Lipinski definition) is 0. The van der Waals surface area contributed by atoms with Gasteiger partial charge in [0, 0.05) is 27.6 Å². The zero-order chi connectivity index (χ0) is 11.5. The third-order valence-corrected chi connectivity index (χ3v) is 5.30. The van der Waals surface area contributed by atoms with Gasteiger partial charge in [0.15, 0.2) is 0 Å². The number of halogens is 1. The van der Waals surface area contributed by atoms with Crippen LogP contribution in [0.15, 0.2) is 36.5 Å². The van der Waals surface area contributed by atoms with E-state index < -0.39 is 0 Å². The van der Waals surface area contributed by atoms with Gasteiger partial charge in [0.2, 0.25) is 0 Å². The van der Waals surface area contributed by atoms with E-state index >= 15 is 0 Å². The monoisotopic (exact) mass is 295 g/mol. The summed E-state index contributed by atoms with van der Waals surface area (Å²) in [4.78, 5) is 7.48. The maximum Gasteiger partial charge on any atom is 0.0570 e. The van der Waals surface area contributed by atoms with Crippen molar-refractivity contribution in [3.63, 3.8) is 0 Å². The van der Waals surface area contributed by atoms with Crippen LogP contribution in [0, 0.1) is 6.92 Å². The maximum atomic E-state index is 4.41. The standard InChI is InChI=1S/C13H14BrNS/c1-9-6-7-12(16-9)13(14)10(2)11-5-3-4-8-15-11/h3-8,10,13H,1-2H3. The van der Waals surface area contributed by atoms with Crippen LogP contribution in [0.5, 0.6) is 0 Å². The summed E-state index contributed by atoms with van der Waals surface area (Å²) >= 11 is 5.62. The molecule has 0 fully saturated rings. The molecule has 84 valence electrons. The zero-order valence-electron chi connectivity index (χ0n) is 9.35. The van der Waals surface area contributed by atoms with Crippen LogP contribution < -0.4 is 0 Å². The van der Waals surface area contributed by atoms with E-state index in [0.29, 0.717) is 10.7 Å². The molecule has 2 aromatic rings. The molecule has 2 atom stereocenters. The Morgan fingerprint density at radius 2 is 2.06 bits per heavy atom. The van der Waals surface area contributed by atoms with Crippen LogP contribution in [0.25, 0.3) is 0 Å². The molecule has 2 rings (SSSR count). The second-order valence-electron chi connectivity index (χ2n) is 3.89. The van der Waals surface area contributed by atoms with Gasteiger partial charge in [-0.25, -0.2) is 0 Å². The lowest BCUT2D eigenvalue weighted by Gasteiger charge is -2.16. The minimum Gasteiger partial charge on any atom is -0.261 e. The van der Waals surface area contributed by atoms with E-state index in [2.05, 4.69) is 53.0 Å². The maximum absolute atomic E-state index is 4.41. The van der Waals surface area contributed by atoms with Gasteiger partial charge in [-0.05, 0) is 31.2 Å². The van der Waals surface area contributed by atoms with Gasteiger partial charge in [-0.15, -0.1) is 11.3 Å². The normalized spacial score (nSPS) is 14.7. The summed E-state index contributed by atoms with van der Waals surface area (Å²) in [5, 5.41) is 0. The second-order valence-corrected chi connectivity index (χ2v) is 6.20. The number of aryl methyl sites for hydroxylation is 1. The Balaban J connectivity index is 2.19. The Labute approximate surface area is 109 Å². The van der Waals surface area contributed by atoms with E-state index in [9.17, 15) is 0 Å². The highest BCUT2D eigenvalue weighted by Gasteiger charge is 2.19. The van der Waals surface area contributed by atoms with Crippen molar-refractivity contribution in [3.05, 3.63) is 52.0 Å². The molecule has 0 aromatic carbocycles. The van der Waals surface area contributed by atoms with Gasteiger partial charge < -0.3 is 0 Å². The fourth-order valence-corrected chi connectivity index (χ4v) is 3.31. The molecular formula is C13H14BrNS. The predicted molar refractivity (Wildman–Crippen MR) is 73.4 cm³/mol. The predicted octanol–water partition coefficient (Wildman–Crippen LogP) is 4.69. The molecule has 0 aliphatic carbocycles. The molecule has 1 nitrogen and oxygen atoms in total. The summed E-state index contributed by atoms with van der Waals surface area (Å²) in [6, 6.07) is 10.4. The van der Waals surface area contributed by atoms with Gasteiger partial charge in [-0.2, -0.15) is 0 Å². The highest BCUT2D eigenvalue weighted by molar-refractivity contribution is 9.09. The van der Waals surface area contributed by atoms with Crippen molar-refractivity contribution in [1.82, 2.24) is 4.98 Å². The Kier molecular flexibility index (Phi) is 3.77. The van der Waals surface area contributed by atoms with Crippen molar-refractivity contribution in [2.75, 3.05) is 0 Å². The molecule has 2 aromatic heterocycles. The number of pyridine rings is 1. The number of hydrogen-bond acceptors (Lipinski definition) is 2. The average Bonchev–Trinajstić information content (AvgIpc) is 2.75. The number of rotatable bonds is 3. The molecule has 0 saturated heterocycles. The zero-order valence-corrected chi connectivity index (χ0v) is 11.8. The van der Waals surface area contributed by atoms with Crippen molar-refractivity contribution < 1.29 is 0 Å². The van der Waals surface area contributed by atoms with Crippen LogP contribution >= 0.6 is 27.3 Å². The largest absolute Gasteiger partial charge is 0.261 e. The molecule has 0 radical (unpaired) electrons. The molecule has 0 aliphatic heterocycles. The minimum absolute atomic E-state index is 0.348. The molecule has 0 saturated carbocycles. The van der Waals surface area contributed by atoms with E-state index in [1.165, 1.54) is 9.75 Å². The molecular weight excluding hydrogens is 282 g/mol. The highest BCUT2D eigenvalue weighted by atomic mass is 79.9. The van der Waals surface area contributed by atoms with E-state index in [1.807, 2.05) is 29.7 Å². The highest BCUT2D eigenvalue weighted by Crippen LogP contribution is 2.39. The second kappa shape index (κ2) is 5.11. The van der Waals surface area contributed by atoms with E-state index in [-0.39, 0.29) is 0 Å². The third kappa shape index (κ3) is 2.53. The van der Waals surface area contributed by atoms with Crippen LogP contribution in [-0.4, -0.2) is 4.98 Å². The first-order chi connectivity index (χ1) is 7.68. The van der Waals surface area contributed by atoms with Gasteiger partial charge in [-0.1, -0.05) is 28.9 Å². The smallest absolute Gasteiger partial charge is 0.0570 e. The van der Waals surface area contributed by atoms with Crippen LogP contribution in [0.4, 0.5) is 0 Å². The molecule has 0 amide bonds. The Hall–Kier alpha value is -0.670. The molecule has 0 spiro atoms. The van der Waals surface area contributed by atoms with E-state index in [4.69, 9.17) is 0 Å². The lowest BCUT2D eigenvalue weighted by atomic mass is 10.0. The fourth-order valence-electron chi connectivity index (χ4n) is 1.64. The van der Waals surface area contributed by atoms with E-state index in [1.54, 1.807) is 0 Å². The molecule has 0 aliphatic rings. The summed E-state index contributed by atoms with van der Waals surface area (Å²) < 4.78 is 0. The summed E-state index contributed by atoms with van der Waals surface area (Å²) in [5.74, 6) is 0.388. The molecule has 0 bridgehead atoms. The van der Waals surface area contributed by atoms with Crippen molar-refractivity contribution >= 4 is 27.3 Å². The van der Waals surface area contributed by atoms with Crippen LogP contribution in [0.3, 0.4) is 0 Å². The first-order valence-electron chi connectivity index (χ1n) is 5.30. The molecule has 16 heavy (non-hydrogen) atoms. The topological polar surface area (TPSA) is 12.9 Å². The summed E-state index contributed by atoms with van der Waals surface area (Å²) in [5.41, 5.74) is 1.13. The van der Waals surface area contributed by atoms with Gasteiger partial charge >= 0.3 is 0 Å². The van der Waals surface area contributed by atoms with E-state index in [0.717, 1.165) is 5.69 Å². The van der Waals surface area contributed by atoms with Crippen molar-refractivity contribution in [2.45, 2.75) is 24.6 Å².